The minimum absolute atomic E-state index is 0.172. The number of hydrogen-bond acceptors (Lipinski definition) is 6. The van der Waals surface area contributed by atoms with Gasteiger partial charge in [-0.2, -0.15) is 4.31 Å². The topological polar surface area (TPSA) is 86.0 Å². The van der Waals surface area contributed by atoms with E-state index in [9.17, 15) is 13.2 Å². The van der Waals surface area contributed by atoms with Crippen LogP contribution >= 0.6 is 11.6 Å². The van der Waals surface area contributed by atoms with E-state index in [4.69, 9.17) is 25.5 Å². The Morgan fingerprint density at radius 2 is 1.69 bits per heavy atom. The fourth-order valence-corrected chi connectivity index (χ4v) is 5.15. The van der Waals surface area contributed by atoms with Crippen molar-refractivity contribution in [1.29, 1.82) is 0 Å². The molecule has 0 unspecified atom stereocenters. The first-order valence-corrected chi connectivity index (χ1v) is 11.9. The maximum absolute atomic E-state index is 13.0. The van der Waals surface area contributed by atoms with Crippen LogP contribution in [0, 0.1) is 6.92 Å². The van der Waals surface area contributed by atoms with Gasteiger partial charge >= 0.3 is 5.63 Å². The number of hydrogen-bond donors (Lipinski definition) is 0. The first kappa shape index (κ1) is 22.4. The van der Waals surface area contributed by atoms with Crippen LogP contribution in [0.2, 0.25) is 5.02 Å². The molecular formula is C23H22ClNO6S. The van der Waals surface area contributed by atoms with Crippen molar-refractivity contribution in [1.82, 2.24) is 4.31 Å². The molecule has 0 spiro atoms. The van der Waals surface area contributed by atoms with E-state index >= 15 is 0 Å². The molecule has 2 aromatic carbocycles. The summed E-state index contributed by atoms with van der Waals surface area (Å²) in [6, 6.07) is 16.3. The van der Waals surface area contributed by atoms with E-state index < -0.39 is 15.6 Å². The average Bonchev–Trinajstić information content (AvgIpc) is 2.75. The van der Waals surface area contributed by atoms with Crippen LogP contribution in [0.15, 0.2) is 74.8 Å². The molecule has 32 heavy (non-hydrogen) atoms. The fourth-order valence-electron chi connectivity index (χ4n) is 3.51. The summed E-state index contributed by atoms with van der Waals surface area (Å²) in [4.78, 5) is 11.7. The van der Waals surface area contributed by atoms with Gasteiger partial charge in [0.2, 0.25) is 10.0 Å². The first-order valence-electron chi connectivity index (χ1n) is 10.1. The van der Waals surface area contributed by atoms with E-state index in [1.807, 2.05) is 0 Å². The van der Waals surface area contributed by atoms with Gasteiger partial charge < -0.3 is 13.9 Å². The molecule has 0 amide bonds. The fraction of sp³-hybridized carbons (Fsp3) is 0.261. The SMILES string of the molecule is Cc1cc(OC2CCN(S(=O)(=O)c3ccc(Oc4ccccc4Cl)cc3)CC2)cc(=O)o1. The van der Waals surface area contributed by atoms with Crippen molar-refractivity contribution in [2.24, 2.45) is 0 Å². The highest BCUT2D eigenvalue weighted by Gasteiger charge is 2.30. The number of ether oxygens (including phenoxy) is 2. The lowest BCUT2D eigenvalue weighted by molar-refractivity contribution is 0.134. The van der Waals surface area contributed by atoms with Crippen molar-refractivity contribution >= 4 is 21.6 Å². The van der Waals surface area contributed by atoms with Gasteiger partial charge in [0.15, 0.2) is 0 Å². The van der Waals surface area contributed by atoms with Gasteiger partial charge in [0.1, 0.15) is 29.1 Å². The molecule has 168 valence electrons. The summed E-state index contributed by atoms with van der Waals surface area (Å²) in [6.07, 6.45) is 0.868. The Bertz CT molecular complexity index is 1250. The maximum atomic E-state index is 13.0. The van der Waals surface area contributed by atoms with Crippen molar-refractivity contribution in [3.63, 3.8) is 0 Å². The van der Waals surface area contributed by atoms with Crippen molar-refractivity contribution in [2.75, 3.05) is 13.1 Å². The zero-order valence-corrected chi connectivity index (χ0v) is 18.9. The summed E-state index contributed by atoms with van der Waals surface area (Å²) < 4.78 is 44.0. The van der Waals surface area contributed by atoms with Gasteiger partial charge in [-0.25, -0.2) is 13.2 Å². The molecule has 0 radical (unpaired) electrons. The van der Waals surface area contributed by atoms with Crippen molar-refractivity contribution in [3.8, 4) is 17.2 Å². The van der Waals surface area contributed by atoms with Gasteiger partial charge in [0.25, 0.3) is 0 Å². The Hall–Kier alpha value is -2.81. The molecule has 1 fully saturated rings. The standard InChI is InChI=1S/C23H22ClNO6S/c1-16-14-19(15-23(26)29-16)30-18-10-12-25(13-11-18)32(27,28)20-8-6-17(7-9-20)31-22-5-3-2-4-21(22)24/h2-9,14-15,18H,10-13H2,1H3. The maximum Gasteiger partial charge on any atom is 0.339 e. The lowest BCUT2D eigenvalue weighted by atomic mass is 10.1. The van der Waals surface area contributed by atoms with Crippen LogP contribution in [0.5, 0.6) is 17.2 Å². The molecule has 1 saturated heterocycles. The molecule has 9 heteroatoms. The highest BCUT2D eigenvalue weighted by Crippen LogP contribution is 2.30. The van der Waals surface area contributed by atoms with Crippen LogP contribution < -0.4 is 15.1 Å². The summed E-state index contributed by atoms with van der Waals surface area (Å²) in [5.41, 5.74) is -0.470. The van der Waals surface area contributed by atoms with Crippen molar-refractivity contribution < 1.29 is 22.3 Å². The molecule has 1 aliphatic heterocycles. The lowest BCUT2D eigenvalue weighted by Crippen LogP contribution is -2.41. The van der Waals surface area contributed by atoms with Gasteiger partial charge in [-0.15, -0.1) is 0 Å². The number of nitrogens with zero attached hydrogens (tertiary/aromatic N) is 1. The molecule has 0 N–H and O–H groups in total. The number of aryl methyl sites for hydroxylation is 1. The third-order valence-corrected chi connectivity index (χ3v) is 7.32. The van der Waals surface area contributed by atoms with Crippen LogP contribution in [0.3, 0.4) is 0 Å². The van der Waals surface area contributed by atoms with Crippen LogP contribution in [0.4, 0.5) is 0 Å². The Kier molecular flexibility index (Phi) is 6.55. The van der Waals surface area contributed by atoms with Crippen LogP contribution in [0.1, 0.15) is 18.6 Å². The number of halogens is 1. The Morgan fingerprint density at radius 1 is 1.00 bits per heavy atom. The first-order chi connectivity index (χ1) is 15.3. The molecular weight excluding hydrogens is 454 g/mol. The van der Waals surface area contributed by atoms with Gasteiger partial charge in [0, 0.05) is 19.2 Å². The summed E-state index contributed by atoms with van der Waals surface area (Å²) in [7, 11) is -3.64. The van der Waals surface area contributed by atoms with Crippen molar-refractivity contribution in [3.05, 3.63) is 81.9 Å². The number of para-hydroxylation sites is 1. The monoisotopic (exact) mass is 475 g/mol. The Balaban J connectivity index is 1.38. The summed E-state index contributed by atoms with van der Waals surface area (Å²) in [5.74, 6) is 1.90. The Labute approximate surface area is 191 Å². The summed E-state index contributed by atoms with van der Waals surface area (Å²) >= 11 is 6.10. The zero-order chi connectivity index (χ0) is 22.7. The molecule has 2 heterocycles. The third-order valence-electron chi connectivity index (χ3n) is 5.10. The molecule has 0 saturated carbocycles. The number of benzene rings is 2. The van der Waals surface area contributed by atoms with Gasteiger partial charge in [-0.3, -0.25) is 0 Å². The average molecular weight is 476 g/mol. The number of piperidine rings is 1. The second-order valence-electron chi connectivity index (χ2n) is 7.45. The molecule has 7 nitrogen and oxygen atoms in total. The van der Waals surface area contributed by atoms with E-state index in [-0.39, 0.29) is 11.0 Å². The number of sulfonamides is 1. The van der Waals surface area contributed by atoms with Gasteiger partial charge in [-0.1, -0.05) is 23.7 Å². The van der Waals surface area contributed by atoms with E-state index in [2.05, 4.69) is 0 Å². The van der Waals surface area contributed by atoms with Crippen molar-refractivity contribution in [2.45, 2.75) is 30.8 Å². The molecule has 0 bridgehead atoms. The predicted octanol–water partition coefficient (Wildman–Crippen LogP) is 4.63. The minimum Gasteiger partial charge on any atom is -0.490 e. The highest BCUT2D eigenvalue weighted by atomic mass is 35.5. The smallest absolute Gasteiger partial charge is 0.339 e. The van der Waals surface area contributed by atoms with E-state index in [1.54, 1.807) is 49.4 Å². The second-order valence-corrected chi connectivity index (χ2v) is 9.79. The normalized spacial score (nSPS) is 15.4. The van der Waals surface area contributed by atoms with Crippen LogP contribution in [-0.2, 0) is 10.0 Å². The molecule has 4 rings (SSSR count). The molecule has 1 aliphatic rings. The largest absolute Gasteiger partial charge is 0.490 e. The zero-order valence-electron chi connectivity index (χ0n) is 17.4. The van der Waals surface area contributed by atoms with Crippen LogP contribution in [-0.4, -0.2) is 31.9 Å². The predicted molar refractivity (Wildman–Crippen MR) is 120 cm³/mol. The summed E-state index contributed by atoms with van der Waals surface area (Å²) in [6.45, 7) is 2.32. The van der Waals surface area contributed by atoms with E-state index in [0.29, 0.717) is 54.0 Å². The van der Waals surface area contributed by atoms with Gasteiger partial charge in [0.05, 0.1) is 16.0 Å². The highest BCUT2D eigenvalue weighted by molar-refractivity contribution is 7.89. The molecule has 1 aromatic heterocycles. The van der Waals surface area contributed by atoms with Gasteiger partial charge in [-0.05, 0) is 56.2 Å². The molecule has 3 aromatic rings. The summed E-state index contributed by atoms with van der Waals surface area (Å²) in [5, 5.41) is 0.473. The quantitative estimate of drug-likeness (QED) is 0.516. The third kappa shape index (κ3) is 5.15. The van der Waals surface area contributed by atoms with Crippen LogP contribution in [0.25, 0.3) is 0 Å². The molecule has 0 atom stereocenters. The second kappa shape index (κ2) is 9.36. The number of rotatable bonds is 6. The Morgan fingerprint density at radius 3 is 2.34 bits per heavy atom. The minimum atomic E-state index is -3.64. The molecule has 0 aliphatic carbocycles. The lowest BCUT2D eigenvalue weighted by Gasteiger charge is -2.31. The van der Waals surface area contributed by atoms with E-state index in [1.165, 1.54) is 22.5 Å². The van der Waals surface area contributed by atoms with E-state index in [0.717, 1.165) is 0 Å².